The van der Waals surface area contributed by atoms with Crippen molar-refractivity contribution in [2.24, 2.45) is 5.92 Å². The van der Waals surface area contributed by atoms with Gasteiger partial charge in [-0.25, -0.2) is 9.59 Å². The number of nitrogens with one attached hydrogen (secondary N) is 2. The number of imide groups is 1. The second kappa shape index (κ2) is 8.68. The maximum absolute atomic E-state index is 11.8. The van der Waals surface area contributed by atoms with Gasteiger partial charge in [0.2, 0.25) is 0 Å². The lowest BCUT2D eigenvalue weighted by Crippen LogP contribution is -2.48. The van der Waals surface area contributed by atoms with E-state index in [0.29, 0.717) is 10.9 Å². The van der Waals surface area contributed by atoms with Gasteiger partial charge in [-0.15, -0.1) is 0 Å². The van der Waals surface area contributed by atoms with Crippen molar-refractivity contribution in [3.63, 3.8) is 0 Å². The van der Waals surface area contributed by atoms with E-state index in [2.05, 4.69) is 17.6 Å². The van der Waals surface area contributed by atoms with E-state index in [-0.39, 0.29) is 11.6 Å². The fourth-order valence-electron chi connectivity index (χ4n) is 2.70. The van der Waals surface area contributed by atoms with Gasteiger partial charge in [0.1, 0.15) is 0 Å². The van der Waals surface area contributed by atoms with Gasteiger partial charge >= 0.3 is 12.0 Å². The maximum atomic E-state index is 11.8. The van der Waals surface area contributed by atoms with E-state index in [4.69, 9.17) is 16.3 Å². The number of esters is 1. The van der Waals surface area contributed by atoms with E-state index >= 15 is 0 Å². The van der Waals surface area contributed by atoms with Crippen molar-refractivity contribution >= 4 is 29.5 Å². The summed E-state index contributed by atoms with van der Waals surface area (Å²) in [6.45, 7) is 1.56. The Morgan fingerprint density at radius 1 is 1.17 bits per heavy atom. The van der Waals surface area contributed by atoms with E-state index in [9.17, 15) is 14.4 Å². The van der Waals surface area contributed by atoms with Crippen LogP contribution in [0, 0.1) is 5.92 Å². The highest BCUT2D eigenvalue weighted by molar-refractivity contribution is 6.30. The molecule has 1 fully saturated rings. The van der Waals surface area contributed by atoms with Gasteiger partial charge in [0, 0.05) is 11.1 Å². The number of rotatable bonds is 4. The molecule has 3 amide bonds. The molecule has 1 aromatic carbocycles. The summed E-state index contributed by atoms with van der Waals surface area (Å²) in [5.74, 6) is -0.927. The summed E-state index contributed by atoms with van der Waals surface area (Å²) in [6.07, 6.45) is 4.22. The van der Waals surface area contributed by atoms with E-state index in [0.717, 1.165) is 19.3 Å². The molecule has 2 atom stereocenters. The number of hydrogen-bond donors (Lipinski definition) is 2. The first kappa shape index (κ1) is 18.3. The zero-order valence-electron chi connectivity index (χ0n) is 13.5. The van der Waals surface area contributed by atoms with Crippen LogP contribution >= 0.6 is 11.6 Å². The fraction of sp³-hybridized carbons (Fsp3) is 0.471. The lowest BCUT2D eigenvalue weighted by atomic mass is 9.86. The monoisotopic (exact) mass is 352 g/mol. The van der Waals surface area contributed by atoms with E-state index in [1.807, 2.05) is 0 Å². The molecule has 1 aliphatic carbocycles. The third kappa shape index (κ3) is 5.53. The molecule has 7 heteroatoms. The second-order valence-corrected chi connectivity index (χ2v) is 6.41. The Hall–Kier alpha value is -2.08. The molecule has 0 spiro atoms. The zero-order valence-corrected chi connectivity index (χ0v) is 14.3. The van der Waals surface area contributed by atoms with Crippen molar-refractivity contribution in [2.45, 2.75) is 38.6 Å². The Kier molecular flexibility index (Phi) is 6.61. The van der Waals surface area contributed by atoms with Crippen LogP contribution in [0.3, 0.4) is 0 Å². The molecule has 6 nitrogen and oxygen atoms in total. The van der Waals surface area contributed by atoms with Crippen LogP contribution in [0.15, 0.2) is 24.3 Å². The number of urea groups is 1. The van der Waals surface area contributed by atoms with Crippen molar-refractivity contribution < 1.29 is 19.1 Å². The Balaban J connectivity index is 1.73. The number of carbonyl (C=O) groups is 3. The second-order valence-electron chi connectivity index (χ2n) is 5.97. The van der Waals surface area contributed by atoms with Gasteiger partial charge in [-0.2, -0.15) is 0 Å². The van der Waals surface area contributed by atoms with Crippen LogP contribution < -0.4 is 10.6 Å². The summed E-state index contributed by atoms with van der Waals surface area (Å²) in [5.41, 5.74) is 0.285. The van der Waals surface area contributed by atoms with Crippen molar-refractivity contribution in [1.82, 2.24) is 10.6 Å². The summed E-state index contributed by atoms with van der Waals surface area (Å²) >= 11 is 5.73. The highest BCUT2D eigenvalue weighted by atomic mass is 35.5. The first-order chi connectivity index (χ1) is 11.5. The van der Waals surface area contributed by atoms with E-state index < -0.39 is 24.5 Å². The van der Waals surface area contributed by atoms with E-state index in [1.165, 1.54) is 18.6 Å². The largest absolute Gasteiger partial charge is 0.452 e. The zero-order chi connectivity index (χ0) is 17.5. The predicted molar refractivity (Wildman–Crippen MR) is 89.8 cm³/mol. The van der Waals surface area contributed by atoms with Gasteiger partial charge in [0.25, 0.3) is 5.91 Å². The molecule has 0 bridgehead atoms. The average Bonchev–Trinajstić information content (AvgIpc) is 2.55. The minimum absolute atomic E-state index is 0.0724. The molecule has 2 rings (SSSR count). The summed E-state index contributed by atoms with van der Waals surface area (Å²) in [4.78, 5) is 35.3. The Bertz CT molecular complexity index is 603. The van der Waals surface area contributed by atoms with Gasteiger partial charge in [-0.05, 0) is 43.0 Å². The SMILES string of the molecule is C[C@@H]1CCCC[C@H]1NC(=O)NC(=O)COC(=O)c1ccc(Cl)cc1. The third-order valence-corrected chi connectivity index (χ3v) is 4.35. The molecule has 0 unspecified atom stereocenters. The number of carbonyl (C=O) groups excluding carboxylic acids is 3. The first-order valence-corrected chi connectivity index (χ1v) is 8.36. The minimum Gasteiger partial charge on any atom is -0.452 e. The molecule has 0 heterocycles. The molecule has 2 N–H and O–H groups in total. The molecule has 1 aromatic rings. The average molecular weight is 353 g/mol. The minimum atomic E-state index is -0.668. The highest BCUT2D eigenvalue weighted by Gasteiger charge is 2.23. The molecular formula is C17H21ClN2O4. The fourth-order valence-corrected chi connectivity index (χ4v) is 2.82. The Morgan fingerprint density at radius 2 is 1.83 bits per heavy atom. The first-order valence-electron chi connectivity index (χ1n) is 7.98. The predicted octanol–water partition coefficient (Wildman–Crippen LogP) is 2.90. The van der Waals surface area contributed by atoms with Gasteiger partial charge in [-0.3, -0.25) is 10.1 Å². The lowest BCUT2D eigenvalue weighted by molar-refractivity contribution is -0.123. The van der Waals surface area contributed by atoms with Crippen molar-refractivity contribution in [2.75, 3.05) is 6.61 Å². The highest BCUT2D eigenvalue weighted by Crippen LogP contribution is 2.23. The van der Waals surface area contributed by atoms with Crippen LogP contribution in [-0.4, -0.2) is 30.6 Å². The lowest BCUT2D eigenvalue weighted by Gasteiger charge is -2.29. The number of ether oxygens (including phenoxy) is 1. The van der Waals surface area contributed by atoms with Gasteiger partial charge in [0.05, 0.1) is 5.56 Å². The van der Waals surface area contributed by atoms with Crippen LogP contribution in [0.2, 0.25) is 5.02 Å². The normalized spacial score (nSPS) is 20.1. The smallest absolute Gasteiger partial charge is 0.338 e. The molecule has 0 radical (unpaired) electrons. The quantitative estimate of drug-likeness (QED) is 0.816. The van der Waals surface area contributed by atoms with Crippen molar-refractivity contribution in [3.8, 4) is 0 Å². The number of hydrogen-bond acceptors (Lipinski definition) is 4. The van der Waals surface area contributed by atoms with Gasteiger partial charge < -0.3 is 10.1 Å². The number of benzene rings is 1. The molecule has 130 valence electrons. The van der Waals surface area contributed by atoms with Crippen LogP contribution in [-0.2, 0) is 9.53 Å². The molecule has 24 heavy (non-hydrogen) atoms. The van der Waals surface area contributed by atoms with Crippen LogP contribution in [0.4, 0.5) is 4.79 Å². The molecule has 0 saturated heterocycles. The molecule has 1 saturated carbocycles. The summed E-state index contributed by atoms with van der Waals surface area (Å²) < 4.78 is 4.87. The van der Waals surface area contributed by atoms with Crippen LogP contribution in [0.5, 0.6) is 0 Å². The van der Waals surface area contributed by atoms with Crippen LogP contribution in [0.25, 0.3) is 0 Å². The molecule has 0 aromatic heterocycles. The molecular weight excluding hydrogens is 332 g/mol. The summed E-state index contributed by atoms with van der Waals surface area (Å²) in [7, 11) is 0. The van der Waals surface area contributed by atoms with Gasteiger partial charge in [-0.1, -0.05) is 31.4 Å². The van der Waals surface area contributed by atoms with Crippen LogP contribution in [0.1, 0.15) is 43.0 Å². The van der Waals surface area contributed by atoms with E-state index in [1.54, 1.807) is 12.1 Å². The number of halogens is 1. The third-order valence-electron chi connectivity index (χ3n) is 4.10. The Labute approximate surface area is 145 Å². The van der Waals surface area contributed by atoms with Gasteiger partial charge in [0.15, 0.2) is 6.61 Å². The standard InChI is InChI=1S/C17H21ClN2O4/c1-11-4-2-3-5-14(11)19-17(23)20-15(21)10-24-16(22)12-6-8-13(18)9-7-12/h6-9,11,14H,2-5,10H2,1H3,(H2,19,20,21,23)/t11-,14-/m1/s1. The van der Waals surface area contributed by atoms with Crippen molar-refractivity contribution in [1.29, 1.82) is 0 Å². The van der Waals surface area contributed by atoms with Crippen molar-refractivity contribution in [3.05, 3.63) is 34.9 Å². The molecule has 1 aliphatic rings. The maximum Gasteiger partial charge on any atom is 0.338 e. The topological polar surface area (TPSA) is 84.5 Å². The summed E-state index contributed by atoms with van der Waals surface area (Å²) in [6, 6.07) is 5.62. The summed E-state index contributed by atoms with van der Waals surface area (Å²) in [5, 5.41) is 5.47. The number of amides is 3. The molecule has 0 aliphatic heterocycles. The Morgan fingerprint density at radius 3 is 2.50 bits per heavy atom.